The number of anilines is 1. The van der Waals surface area contributed by atoms with E-state index in [1.165, 1.54) is 0 Å². The van der Waals surface area contributed by atoms with Gasteiger partial charge in [-0.2, -0.15) is 5.10 Å². The summed E-state index contributed by atoms with van der Waals surface area (Å²) in [5, 5.41) is 8.61. The normalized spacial score (nSPS) is 11.2. The fourth-order valence-corrected chi connectivity index (χ4v) is 3.11. The maximum absolute atomic E-state index is 12.3. The molecule has 0 saturated heterocycles. The minimum absolute atomic E-state index is 0.330. The van der Waals surface area contributed by atoms with E-state index in [1.54, 1.807) is 30.5 Å². The largest absolute Gasteiger partial charge is 0.398 e. The van der Waals surface area contributed by atoms with Crippen molar-refractivity contribution in [3.8, 4) is 0 Å². The van der Waals surface area contributed by atoms with Crippen molar-refractivity contribution in [1.82, 2.24) is 5.43 Å². The second-order valence-electron chi connectivity index (χ2n) is 6.02. The predicted molar refractivity (Wildman–Crippen MR) is 107 cm³/mol. The highest BCUT2D eigenvalue weighted by Crippen LogP contribution is 2.27. The first-order chi connectivity index (χ1) is 12.7. The van der Waals surface area contributed by atoms with Crippen LogP contribution in [0.5, 0.6) is 0 Å². The molecule has 0 fully saturated rings. The first-order valence-corrected chi connectivity index (χ1v) is 8.32. The Morgan fingerprint density at radius 2 is 1.42 bits per heavy atom. The molecule has 0 aliphatic carbocycles. The number of rotatable bonds is 3. The Bertz CT molecular complexity index is 1090. The third kappa shape index (κ3) is 2.89. The number of carbonyl (C=O) groups excluding carboxylic acids is 1. The second-order valence-corrected chi connectivity index (χ2v) is 6.02. The number of amides is 1. The quantitative estimate of drug-likeness (QED) is 0.252. The highest BCUT2D eigenvalue weighted by atomic mass is 16.2. The number of hydrogen-bond donors (Lipinski definition) is 2. The van der Waals surface area contributed by atoms with Crippen LogP contribution in [0.2, 0.25) is 0 Å². The van der Waals surface area contributed by atoms with Gasteiger partial charge in [-0.3, -0.25) is 4.79 Å². The molecule has 0 saturated carbocycles. The molecule has 0 heterocycles. The van der Waals surface area contributed by atoms with Crippen molar-refractivity contribution in [2.75, 3.05) is 5.73 Å². The van der Waals surface area contributed by atoms with E-state index in [9.17, 15) is 4.79 Å². The van der Waals surface area contributed by atoms with Crippen molar-refractivity contribution < 1.29 is 4.79 Å². The van der Waals surface area contributed by atoms with Crippen molar-refractivity contribution >= 4 is 39.4 Å². The summed E-state index contributed by atoms with van der Waals surface area (Å²) in [5.74, 6) is -0.330. The molecule has 4 aromatic carbocycles. The summed E-state index contributed by atoms with van der Waals surface area (Å²) >= 11 is 0. The van der Waals surface area contributed by atoms with Crippen LogP contribution in [0.4, 0.5) is 5.69 Å². The Morgan fingerprint density at radius 1 is 0.846 bits per heavy atom. The standard InChI is InChI=1S/C22H17N3O/c23-21-12-6-5-11-19(21)22(26)25-24-14-20-17-9-3-1-7-15(17)13-16-8-2-4-10-18(16)20/h1-14H,23H2,(H,25,26)/b24-14-. The summed E-state index contributed by atoms with van der Waals surface area (Å²) in [6.07, 6.45) is 1.70. The number of nitrogens with one attached hydrogen (secondary N) is 1. The minimum Gasteiger partial charge on any atom is -0.398 e. The molecule has 0 aliphatic rings. The predicted octanol–water partition coefficient (Wildman–Crippen LogP) is 4.34. The molecule has 4 nitrogen and oxygen atoms in total. The zero-order chi connectivity index (χ0) is 17.9. The summed E-state index contributed by atoms with van der Waals surface area (Å²) in [5.41, 5.74) is 10.2. The summed E-state index contributed by atoms with van der Waals surface area (Å²) in [6, 6.07) is 25.4. The highest BCUT2D eigenvalue weighted by molar-refractivity contribution is 6.13. The van der Waals surface area contributed by atoms with Gasteiger partial charge in [0.1, 0.15) is 0 Å². The van der Waals surface area contributed by atoms with Gasteiger partial charge in [-0.1, -0.05) is 60.7 Å². The zero-order valence-electron chi connectivity index (χ0n) is 14.0. The molecule has 4 rings (SSSR count). The van der Waals surface area contributed by atoms with Gasteiger partial charge < -0.3 is 5.73 Å². The molecule has 0 radical (unpaired) electrons. The maximum atomic E-state index is 12.3. The lowest BCUT2D eigenvalue weighted by molar-refractivity contribution is 0.0956. The Kier molecular flexibility index (Phi) is 4.07. The smallest absolute Gasteiger partial charge is 0.273 e. The zero-order valence-corrected chi connectivity index (χ0v) is 14.0. The second kappa shape index (κ2) is 6.69. The first-order valence-electron chi connectivity index (χ1n) is 8.32. The van der Waals surface area contributed by atoms with E-state index >= 15 is 0 Å². The van der Waals surface area contributed by atoms with Crippen LogP contribution in [-0.2, 0) is 0 Å². The number of nitrogens with two attached hydrogens (primary N) is 1. The molecule has 4 heteroatoms. The summed E-state index contributed by atoms with van der Waals surface area (Å²) < 4.78 is 0. The summed E-state index contributed by atoms with van der Waals surface area (Å²) in [7, 11) is 0. The molecule has 0 aliphatic heterocycles. The van der Waals surface area contributed by atoms with E-state index in [2.05, 4.69) is 40.9 Å². The van der Waals surface area contributed by atoms with Gasteiger partial charge in [0.2, 0.25) is 0 Å². The molecule has 0 aromatic heterocycles. The Morgan fingerprint density at radius 3 is 2.08 bits per heavy atom. The van der Waals surface area contributed by atoms with Crippen LogP contribution in [0.3, 0.4) is 0 Å². The van der Waals surface area contributed by atoms with Crippen LogP contribution in [0.1, 0.15) is 15.9 Å². The van der Waals surface area contributed by atoms with E-state index in [-0.39, 0.29) is 5.91 Å². The fourth-order valence-electron chi connectivity index (χ4n) is 3.11. The van der Waals surface area contributed by atoms with Gasteiger partial charge in [0.15, 0.2) is 0 Å². The average Bonchev–Trinajstić information content (AvgIpc) is 2.67. The SMILES string of the molecule is Nc1ccccc1C(=O)N/N=C\c1c2ccccc2cc2ccccc12. The van der Waals surface area contributed by atoms with Crippen molar-refractivity contribution in [2.24, 2.45) is 5.10 Å². The third-order valence-corrected chi connectivity index (χ3v) is 4.38. The average molecular weight is 339 g/mol. The number of carbonyl (C=O) groups is 1. The highest BCUT2D eigenvalue weighted by Gasteiger charge is 2.08. The van der Waals surface area contributed by atoms with E-state index in [4.69, 9.17) is 5.73 Å². The lowest BCUT2D eigenvalue weighted by Gasteiger charge is -2.08. The topological polar surface area (TPSA) is 67.5 Å². The molecule has 126 valence electrons. The van der Waals surface area contributed by atoms with Crippen LogP contribution in [0, 0.1) is 0 Å². The molecular formula is C22H17N3O. The van der Waals surface area contributed by atoms with Gasteiger partial charge in [-0.15, -0.1) is 0 Å². The molecule has 0 atom stereocenters. The molecule has 1 amide bonds. The molecule has 4 aromatic rings. The van der Waals surface area contributed by atoms with E-state index < -0.39 is 0 Å². The van der Waals surface area contributed by atoms with Crippen LogP contribution in [-0.4, -0.2) is 12.1 Å². The molecule has 0 spiro atoms. The number of benzene rings is 4. The lowest BCUT2D eigenvalue weighted by atomic mass is 9.97. The Balaban J connectivity index is 1.73. The molecule has 3 N–H and O–H groups in total. The lowest BCUT2D eigenvalue weighted by Crippen LogP contribution is -2.19. The van der Waals surface area contributed by atoms with Crippen LogP contribution < -0.4 is 11.2 Å². The van der Waals surface area contributed by atoms with Crippen molar-refractivity contribution in [1.29, 1.82) is 0 Å². The number of hydrogen-bond acceptors (Lipinski definition) is 3. The third-order valence-electron chi connectivity index (χ3n) is 4.38. The molecule has 0 unspecified atom stereocenters. The first kappa shape index (κ1) is 15.8. The van der Waals surface area contributed by atoms with Crippen molar-refractivity contribution in [3.63, 3.8) is 0 Å². The minimum atomic E-state index is -0.330. The van der Waals surface area contributed by atoms with E-state index in [0.717, 1.165) is 27.1 Å². The van der Waals surface area contributed by atoms with Gasteiger partial charge in [0.25, 0.3) is 5.91 Å². The van der Waals surface area contributed by atoms with Crippen LogP contribution >= 0.6 is 0 Å². The number of fused-ring (bicyclic) bond motifs is 2. The monoisotopic (exact) mass is 339 g/mol. The summed E-state index contributed by atoms with van der Waals surface area (Å²) in [4.78, 5) is 12.3. The number of nitrogen functional groups attached to an aromatic ring is 1. The van der Waals surface area contributed by atoms with Gasteiger partial charge >= 0.3 is 0 Å². The Hall–Kier alpha value is -3.66. The van der Waals surface area contributed by atoms with Crippen LogP contribution in [0.25, 0.3) is 21.5 Å². The van der Waals surface area contributed by atoms with Gasteiger partial charge in [-0.25, -0.2) is 5.43 Å². The summed E-state index contributed by atoms with van der Waals surface area (Å²) in [6.45, 7) is 0. The van der Waals surface area contributed by atoms with E-state index in [0.29, 0.717) is 11.3 Å². The maximum Gasteiger partial charge on any atom is 0.273 e. The van der Waals surface area contributed by atoms with Gasteiger partial charge in [0.05, 0.1) is 11.8 Å². The molecular weight excluding hydrogens is 322 g/mol. The number of nitrogens with zero attached hydrogens (tertiary/aromatic N) is 1. The molecule has 0 bridgehead atoms. The number of para-hydroxylation sites is 1. The Labute approximate surface area is 150 Å². The number of hydrazone groups is 1. The van der Waals surface area contributed by atoms with E-state index in [1.807, 2.05) is 24.3 Å². The molecule has 26 heavy (non-hydrogen) atoms. The van der Waals surface area contributed by atoms with Crippen molar-refractivity contribution in [2.45, 2.75) is 0 Å². The van der Waals surface area contributed by atoms with Gasteiger partial charge in [-0.05, 0) is 39.7 Å². The van der Waals surface area contributed by atoms with Crippen molar-refractivity contribution in [3.05, 3.63) is 90.0 Å². The van der Waals surface area contributed by atoms with Gasteiger partial charge in [0, 0.05) is 11.3 Å². The van der Waals surface area contributed by atoms with Crippen LogP contribution in [0.15, 0.2) is 84.0 Å². The fraction of sp³-hybridized carbons (Fsp3) is 0.